The quantitative estimate of drug-likeness (QED) is 0.257. The van der Waals surface area contributed by atoms with Crippen LogP contribution in [-0.4, -0.2) is 38.9 Å². The third-order valence-corrected chi connectivity index (χ3v) is 4.81. The van der Waals surface area contributed by atoms with Crippen molar-refractivity contribution in [2.45, 2.75) is 33.0 Å². The van der Waals surface area contributed by atoms with E-state index in [1.165, 1.54) is 0 Å². The highest BCUT2D eigenvalue weighted by atomic mass is 127. The van der Waals surface area contributed by atoms with Crippen molar-refractivity contribution in [2.24, 2.45) is 10.9 Å². The number of imidazole rings is 1. The second kappa shape index (κ2) is 11.9. The molecule has 3 rings (SSSR count). The van der Waals surface area contributed by atoms with Gasteiger partial charge in [-0.3, -0.25) is 9.67 Å². The molecule has 2 heterocycles. The Bertz CT molecular complexity index is 904. The topological polar surface area (TPSA) is 72.1 Å². The van der Waals surface area contributed by atoms with Crippen molar-refractivity contribution in [1.29, 1.82) is 0 Å². The molecule has 0 amide bonds. The van der Waals surface area contributed by atoms with Crippen LogP contribution >= 0.6 is 35.6 Å². The summed E-state index contributed by atoms with van der Waals surface area (Å²) < 4.78 is 4.10. The molecular weight excluding hydrogens is 513 g/mol. The van der Waals surface area contributed by atoms with Crippen molar-refractivity contribution in [2.75, 3.05) is 13.6 Å². The molecule has 0 aliphatic rings. The first kappa shape index (κ1) is 24.2. The van der Waals surface area contributed by atoms with Crippen LogP contribution in [0, 0.1) is 5.92 Å². The van der Waals surface area contributed by atoms with Crippen molar-refractivity contribution >= 4 is 41.5 Å². The van der Waals surface area contributed by atoms with E-state index in [1.54, 1.807) is 13.2 Å². The van der Waals surface area contributed by atoms with Gasteiger partial charge in [-0.25, -0.2) is 4.98 Å². The molecule has 30 heavy (non-hydrogen) atoms. The van der Waals surface area contributed by atoms with Gasteiger partial charge in [0.05, 0.1) is 12.6 Å². The Hall–Kier alpha value is -2.07. The van der Waals surface area contributed by atoms with Gasteiger partial charge in [0.2, 0.25) is 0 Å². The summed E-state index contributed by atoms with van der Waals surface area (Å²) in [6.07, 6.45) is 7.59. The molecule has 2 N–H and O–H groups in total. The minimum atomic E-state index is 0. The molecule has 0 saturated heterocycles. The lowest BCUT2D eigenvalue weighted by molar-refractivity contribution is 0.499. The van der Waals surface area contributed by atoms with Crippen LogP contribution in [0.5, 0.6) is 0 Å². The zero-order valence-electron chi connectivity index (χ0n) is 17.5. The zero-order chi connectivity index (χ0) is 20.6. The Labute approximate surface area is 200 Å². The predicted octanol–water partition coefficient (Wildman–Crippen LogP) is 3.96. The third kappa shape index (κ3) is 6.73. The summed E-state index contributed by atoms with van der Waals surface area (Å²) in [6, 6.07) is 9.78. The van der Waals surface area contributed by atoms with E-state index in [-0.39, 0.29) is 30.0 Å². The fraction of sp³-hybridized carbons (Fsp3) is 0.381. The SMILES string of the molecule is CN=C(NCc1nccn1CC(C)C)NCC(c1ccc(Cl)cc1)n1cccn1.I. The second-order valence-electron chi connectivity index (χ2n) is 7.25. The van der Waals surface area contributed by atoms with E-state index in [4.69, 9.17) is 11.6 Å². The third-order valence-electron chi connectivity index (χ3n) is 4.56. The number of aromatic nitrogens is 4. The summed E-state index contributed by atoms with van der Waals surface area (Å²) in [6.45, 7) is 6.57. The molecular formula is C21H29ClIN7. The highest BCUT2D eigenvalue weighted by molar-refractivity contribution is 14.0. The van der Waals surface area contributed by atoms with Crippen molar-refractivity contribution in [3.8, 4) is 0 Å². The standard InChI is InChI=1S/C21H28ClN7.HI/c1-16(2)15-28-12-10-24-20(28)14-26-21(23-3)25-13-19(29-11-4-9-27-29)17-5-7-18(22)8-6-17;/h4-12,16,19H,13-15H2,1-3H3,(H2,23,25,26);1H. The van der Waals surface area contributed by atoms with Crippen LogP contribution in [-0.2, 0) is 13.1 Å². The average molecular weight is 542 g/mol. The first-order valence-electron chi connectivity index (χ1n) is 9.76. The van der Waals surface area contributed by atoms with Crippen molar-refractivity contribution in [3.05, 3.63) is 71.5 Å². The Morgan fingerprint density at radius 1 is 1.13 bits per heavy atom. The van der Waals surface area contributed by atoms with Gasteiger partial charge in [0.15, 0.2) is 5.96 Å². The fourth-order valence-electron chi connectivity index (χ4n) is 3.16. The molecule has 0 fully saturated rings. The average Bonchev–Trinajstić information content (AvgIpc) is 3.38. The van der Waals surface area contributed by atoms with Crippen LogP contribution in [0.3, 0.4) is 0 Å². The fourth-order valence-corrected chi connectivity index (χ4v) is 3.28. The van der Waals surface area contributed by atoms with Gasteiger partial charge in [0.25, 0.3) is 0 Å². The molecule has 0 aliphatic carbocycles. The Morgan fingerprint density at radius 2 is 1.90 bits per heavy atom. The number of benzene rings is 1. The highest BCUT2D eigenvalue weighted by Crippen LogP contribution is 2.19. The number of hydrogen-bond acceptors (Lipinski definition) is 3. The van der Waals surface area contributed by atoms with E-state index in [0.717, 1.165) is 28.9 Å². The van der Waals surface area contributed by atoms with E-state index in [2.05, 4.69) is 44.1 Å². The lowest BCUT2D eigenvalue weighted by Crippen LogP contribution is -2.40. The van der Waals surface area contributed by atoms with Crippen LogP contribution < -0.4 is 10.6 Å². The molecule has 0 bridgehead atoms. The lowest BCUT2D eigenvalue weighted by atomic mass is 10.1. The van der Waals surface area contributed by atoms with Gasteiger partial charge >= 0.3 is 0 Å². The van der Waals surface area contributed by atoms with Gasteiger partial charge in [0, 0.05) is 49.9 Å². The first-order valence-corrected chi connectivity index (χ1v) is 10.1. The summed E-state index contributed by atoms with van der Waals surface area (Å²) in [4.78, 5) is 8.80. The summed E-state index contributed by atoms with van der Waals surface area (Å²) >= 11 is 6.05. The number of nitrogens with zero attached hydrogens (tertiary/aromatic N) is 5. The molecule has 3 aromatic rings. The van der Waals surface area contributed by atoms with Gasteiger partial charge < -0.3 is 15.2 Å². The van der Waals surface area contributed by atoms with Crippen LogP contribution in [0.2, 0.25) is 5.02 Å². The van der Waals surface area contributed by atoms with Crippen LogP contribution in [0.1, 0.15) is 31.3 Å². The molecule has 1 aromatic carbocycles. The maximum Gasteiger partial charge on any atom is 0.191 e. The highest BCUT2D eigenvalue weighted by Gasteiger charge is 2.15. The molecule has 1 atom stereocenters. The number of rotatable bonds is 8. The number of aliphatic imine (C=N–C) groups is 1. The molecule has 0 spiro atoms. The van der Waals surface area contributed by atoms with E-state index in [1.807, 2.05) is 53.6 Å². The van der Waals surface area contributed by atoms with E-state index < -0.39 is 0 Å². The summed E-state index contributed by atoms with van der Waals surface area (Å²) in [5.41, 5.74) is 1.12. The normalized spacial score (nSPS) is 12.5. The molecule has 162 valence electrons. The molecule has 0 aliphatic heterocycles. The van der Waals surface area contributed by atoms with Gasteiger partial charge in [-0.2, -0.15) is 5.10 Å². The number of hydrogen-bond donors (Lipinski definition) is 2. The molecule has 0 saturated carbocycles. The smallest absolute Gasteiger partial charge is 0.191 e. The minimum absolute atomic E-state index is 0. The first-order chi connectivity index (χ1) is 14.1. The summed E-state index contributed by atoms with van der Waals surface area (Å²) in [5, 5.41) is 11.9. The maximum absolute atomic E-state index is 6.05. The van der Waals surface area contributed by atoms with Gasteiger partial charge in [-0.05, 0) is 29.7 Å². The van der Waals surface area contributed by atoms with Crippen molar-refractivity contribution in [1.82, 2.24) is 30.0 Å². The molecule has 2 aromatic heterocycles. The molecule has 7 nitrogen and oxygen atoms in total. The Kier molecular flexibility index (Phi) is 9.64. The van der Waals surface area contributed by atoms with Gasteiger partial charge in [0.1, 0.15) is 5.82 Å². The summed E-state index contributed by atoms with van der Waals surface area (Å²) in [7, 11) is 1.77. The van der Waals surface area contributed by atoms with Gasteiger partial charge in [-0.1, -0.05) is 37.6 Å². The molecule has 9 heteroatoms. The van der Waals surface area contributed by atoms with Crippen LogP contribution in [0.4, 0.5) is 0 Å². The van der Waals surface area contributed by atoms with E-state index >= 15 is 0 Å². The second-order valence-corrected chi connectivity index (χ2v) is 7.69. The monoisotopic (exact) mass is 541 g/mol. The maximum atomic E-state index is 6.05. The lowest BCUT2D eigenvalue weighted by Gasteiger charge is -2.21. The van der Waals surface area contributed by atoms with Crippen molar-refractivity contribution < 1.29 is 0 Å². The summed E-state index contributed by atoms with van der Waals surface area (Å²) in [5.74, 6) is 2.27. The largest absolute Gasteiger partial charge is 0.354 e. The van der Waals surface area contributed by atoms with Crippen LogP contribution in [0.25, 0.3) is 0 Å². The number of nitrogens with one attached hydrogen (secondary N) is 2. The zero-order valence-corrected chi connectivity index (χ0v) is 20.6. The number of guanidine groups is 1. The molecule has 1 unspecified atom stereocenters. The van der Waals surface area contributed by atoms with E-state index in [9.17, 15) is 0 Å². The van der Waals surface area contributed by atoms with Crippen LogP contribution in [0.15, 0.2) is 60.1 Å². The molecule has 0 radical (unpaired) electrons. The Balaban J connectivity index is 0.00000320. The Morgan fingerprint density at radius 3 is 2.53 bits per heavy atom. The van der Waals surface area contributed by atoms with Gasteiger partial charge in [-0.15, -0.1) is 24.0 Å². The minimum Gasteiger partial charge on any atom is -0.354 e. The number of halogens is 2. The van der Waals surface area contributed by atoms with Crippen molar-refractivity contribution in [3.63, 3.8) is 0 Å². The van der Waals surface area contributed by atoms with E-state index in [0.29, 0.717) is 19.0 Å². The predicted molar refractivity (Wildman–Crippen MR) is 132 cm³/mol.